The van der Waals surface area contributed by atoms with Crippen LogP contribution in [0, 0.1) is 17.6 Å². The lowest BCUT2D eigenvalue weighted by atomic mass is 10.1. The molecule has 164 valence electrons. The number of piperazine rings is 1. The van der Waals surface area contributed by atoms with E-state index in [0.717, 1.165) is 55.6 Å². The topological polar surface area (TPSA) is 55.9 Å². The molecule has 2 aromatic rings. The van der Waals surface area contributed by atoms with Gasteiger partial charge in [0.15, 0.2) is 0 Å². The van der Waals surface area contributed by atoms with Crippen molar-refractivity contribution >= 4 is 23.2 Å². The minimum Gasteiger partial charge on any atom is -0.369 e. The third kappa shape index (κ3) is 4.69. The number of hydrogen-bond donors (Lipinski definition) is 1. The van der Waals surface area contributed by atoms with Gasteiger partial charge >= 0.3 is 0 Å². The number of likely N-dealkylation sites (N-methyl/N-ethyl adjacent to an activating group) is 1. The number of hydrogen-bond acceptors (Lipinski definition) is 4. The Morgan fingerprint density at radius 3 is 2.42 bits per heavy atom. The predicted molar refractivity (Wildman–Crippen MR) is 115 cm³/mol. The molecule has 2 fully saturated rings. The summed E-state index contributed by atoms with van der Waals surface area (Å²) in [7, 11) is 2.10. The van der Waals surface area contributed by atoms with Gasteiger partial charge in [-0.2, -0.15) is 0 Å². The zero-order valence-corrected chi connectivity index (χ0v) is 17.5. The normalized spacial score (nSPS) is 19.7. The standard InChI is InChI=1S/C23H26F2N4O2/c1-27-8-10-28(11-9-27)21-5-3-2-4-16(21)15-26-22(30)20-6-7-29(23(20)31)19-13-17(24)12-18(25)14-19/h2-5,12-14,20H,6-11,15H2,1H3,(H,26,30). The van der Waals surface area contributed by atoms with Gasteiger partial charge in [0.1, 0.15) is 17.6 Å². The van der Waals surface area contributed by atoms with Crippen molar-refractivity contribution in [2.45, 2.75) is 13.0 Å². The number of nitrogens with zero attached hydrogens (tertiary/aromatic N) is 3. The molecule has 1 N–H and O–H groups in total. The van der Waals surface area contributed by atoms with Gasteiger partial charge in [0.2, 0.25) is 11.8 Å². The van der Waals surface area contributed by atoms with Crippen LogP contribution in [-0.4, -0.2) is 56.5 Å². The molecule has 1 atom stereocenters. The van der Waals surface area contributed by atoms with Crippen molar-refractivity contribution in [3.63, 3.8) is 0 Å². The highest BCUT2D eigenvalue weighted by atomic mass is 19.1. The summed E-state index contributed by atoms with van der Waals surface area (Å²) in [6.07, 6.45) is 0.308. The molecule has 2 aliphatic rings. The number of anilines is 2. The molecule has 2 aliphatic heterocycles. The molecule has 2 aromatic carbocycles. The largest absolute Gasteiger partial charge is 0.369 e. The number of amides is 2. The Kier molecular flexibility index (Phi) is 6.18. The van der Waals surface area contributed by atoms with Crippen molar-refractivity contribution < 1.29 is 18.4 Å². The molecule has 0 bridgehead atoms. The first-order valence-electron chi connectivity index (χ1n) is 10.5. The molecule has 0 aliphatic carbocycles. The van der Waals surface area contributed by atoms with E-state index in [4.69, 9.17) is 0 Å². The minimum absolute atomic E-state index is 0.137. The van der Waals surface area contributed by atoms with Gasteiger partial charge in [-0.15, -0.1) is 0 Å². The van der Waals surface area contributed by atoms with Crippen LogP contribution in [0.25, 0.3) is 0 Å². The number of para-hydroxylation sites is 1. The smallest absolute Gasteiger partial charge is 0.239 e. The molecule has 2 amide bonds. The maximum absolute atomic E-state index is 13.5. The van der Waals surface area contributed by atoms with Gasteiger partial charge in [0, 0.05) is 56.7 Å². The SMILES string of the molecule is CN1CCN(c2ccccc2CNC(=O)C2CCN(c3cc(F)cc(F)c3)C2=O)CC1. The fraction of sp³-hybridized carbons (Fsp3) is 0.391. The van der Waals surface area contributed by atoms with Crippen molar-refractivity contribution in [2.75, 3.05) is 49.6 Å². The minimum atomic E-state index is -0.859. The summed E-state index contributed by atoms with van der Waals surface area (Å²) in [6, 6.07) is 10.9. The van der Waals surface area contributed by atoms with Gasteiger partial charge < -0.3 is 20.0 Å². The zero-order valence-electron chi connectivity index (χ0n) is 17.5. The highest BCUT2D eigenvalue weighted by Crippen LogP contribution is 2.27. The van der Waals surface area contributed by atoms with Crippen molar-refractivity contribution in [1.82, 2.24) is 10.2 Å². The first-order chi connectivity index (χ1) is 14.9. The van der Waals surface area contributed by atoms with Gasteiger partial charge in [0.25, 0.3) is 0 Å². The summed E-state index contributed by atoms with van der Waals surface area (Å²) in [6.45, 7) is 4.36. The van der Waals surface area contributed by atoms with E-state index in [-0.39, 0.29) is 18.1 Å². The lowest BCUT2D eigenvalue weighted by Gasteiger charge is -2.35. The molecule has 31 heavy (non-hydrogen) atoms. The summed E-state index contributed by atoms with van der Waals surface area (Å²) >= 11 is 0. The van der Waals surface area contributed by atoms with Crippen LogP contribution in [0.1, 0.15) is 12.0 Å². The molecule has 8 heteroatoms. The third-order valence-electron chi connectivity index (χ3n) is 5.97. The second kappa shape index (κ2) is 9.01. The molecule has 0 aromatic heterocycles. The Morgan fingerprint density at radius 2 is 1.71 bits per heavy atom. The summed E-state index contributed by atoms with van der Waals surface area (Å²) in [4.78, 5) is 31.3. The highest BCUT2D eigenvalue weighted by Gasteiger charge is 2.37. The molecule has 2 saturated heterocycles. The summed E-state index contributed by atoms with van der Waals surface area (Å²) in [5.74, 6) is -3.16. The van der Waals surface area contributed by atoms with Gasteiger partial charge in [-0.05, 0) is 37.2 Å². The molecule has 4 rings (SSSR count). The first kappa shape index (κ1) is 21.2. The van der Waals surface area contributed by atoms with E-state index in [1.165, 1.54) is 4.90 Å². The third-order valence-corrected chi connectivity index (χ3v) is 5.97. The average molecular weight is 428 g/mol. The van der Waals surface area contributed by atoms with E-state index < -0.39 is 23.5 Å². The maximum Gasteiger partial charge on any atom is 0.239 e. The van der Waals surface area contributed by atoms with Crippen LogP contribution < -0.4 is 15.1 Å². The fourth-order valence-corrected chi connectivity index (χ4v) is 4.20. The molecule has 0 spiro atoms. The molecule has 6 nitrogen and oxygen atoms in total. The molecule has 0 saturated carbocycles. The Bertz CT molecular complexity index is 956. The summed E-state index contributed by atoms with van der Waals surface area (Å²) < 4.78 is 27.0. The van der Waals surface area contributed by atoms with Crippen LogP contribution in [-0.2, 0) is 16.1 Å². The lowest BCUT2D eigenvalue weighted by molar-refractivity contribution is -0.132. The van der Waals surface area contributed by atoms with Crippen LogP contribution in [0.4, 0.5) is 20.2 Å². The summed E-state index contributed by atoms with van der Waals surface area (Å²) in [5, 5.41) is 2.88. The number of rotatable bonds is 5. The van der Waals surface area contributed by atoms with Gasteiger partial charge in [-0.1, -0.05) is 18.2 Å². The summed E-state index contributed by atoms with van der Waals surface area (Å²) in [5.41, 5.74) is 2.22. The highest BCUT2D eigenvalue weighted by molar-refractivity contribution is 6.09. The lowest BCUT2D eigenvalue weighted by Crippen LogP contribution is -2.45. The van der Waals surface area contributed by atoms with Crippen LogP contribution in [0.15, 0.2) is 42.5 Å². The van der Waals surface area contributed by atoms with Gasteiger partial charge in [0.05, 0.1) is 0 Å². The van der Waals surface area contributed by atoms with Crippen molar-refractivity contribution in [2.24, 2.45) is 5.92 Å². The predicted octanol–water partition coefficient (Wildman–Crippen LogP) is 2.39. The Balaban J connectivity index is 1.40. The Labute approximate surface area is 180 Å². The number of carbonyl (C=O) groups is 2. The van der Waals surface area contributed by atoms with E-state index in [1.807, 2.05) is 24.3 Å². The molecular weight excluding hydrogens is 402 g/mol. The number of carbonyl (C=O) groups excluding carboxylic acids is 2. The first-order valence-corrected chi connectivity index (χ1v) is 10.5. The number of benzene rings is 2. The monoisotopic (exact) mass is 428 g/mol. The van der Waals surface area contributed by atoms with Crippen molar-refractivity contribution in [3.05, 3.63) is 59.7 Å². The Hall–Kier alpha value is -3.00. The Morgan fingerprint density at radius 1 is 1.03 bits per heavy atom. The van der Waals surface area contributed by atoms with Gasteiger partial charge in [-0.3, -0.25) is 9.59 Å². The van der Waals surface area contributed by atoms with E-state index in [2.05, 4.69) is 22.2 Å². The van der Waals surface area contributed by atoms with E-state index in [1.54, 1.807) is 0 Å². The van der Waals surface area contributed by atoms with Crippen LogP contribution in [0.5, 0.6) is 0 Å². The van der Waals surface area contributed by atoms with E-state index in [9.17, 15) is 18.4 Å². The van der Waals surface area contributed by atoms with Crippen LogP contribution in [0.2, 0.25) is 0 Å². The average Bonchev–Trinajstić information content (AvgIpc) is 3.13. The van der Waals surface area contributed by atoms with Crippen molar-refractivity contribution in [1.29, 1.82) is 0 Å². The molecule has 2 heterocycles. The quantitative estimate of drug-likeness (QED) is 0.743. The number of halogens is 2. The van der Waals surface area contributed by atoms with E-state index >= 15 is 0 Å². The second-order valence-corrected chi connectivity index (χ2v) is 8.10. The molecular formula is C23H26F2N4O2. The van der Waals surface area contributed by atoms with Crippen molar-refractivity contribution in [3.8, 4) is 0 Å². The molecule has 0 radical (unpaired) electrons. The van der Waals surface area contributed by atoms with Gasteiger partial charge in [-0.25, -0.2) is 8.78 Å². The second-order valence-electron chi connectivity index (χ2n) is 8.10. The van der Waals surface area contributed by atoms with Crippen LogP contribution >= 0.6 is 0 Å². The van der Waals surface area contributed by atoms with Crippen LogP contribution in [0.3, 0.4) is 0 Å². The molecule has 1 unspecified atom stereocenters. The fourth-order valence-electron chi connectivity index (χ4n) is 4.20. The maximum atomic E-state index is 13.5. The zero-order chi connectivity index (χ0) is 22.0. The van der Waals surface area contributed by atoms with E-state index in [0.29, 0.717) is 13.0 Å². The number of nitrogens with one attached hydrogen (secondary N) is 1.